The van der Waals surface area contributed by atoms with Gasteiger partial charge in [0.2, 0.25) is 0 Å². The molecule has 5 rings (SSSR count). The number of benzene rings is 2. The van der Waals surface area contributed by atoms with Crippen molar-refractivity contribution in [2.45, 2.75) is 25.1 Å². The highest BCUT2D eigenvalue weighted by atomic mass is 79.9. The largest absolute Gasteiger partial charge is 0.416 e. The van der Waals surface area contributed by atoms with Gasteiger partial charge in [-0.15, -0.1) is 0 Å². The minimum atomic E-state index is -4.43. The lowest BCUT2D eigenvalue weighted by Crippen LogP contribution is -2.17. The van der Waals surface area contributed by atoms with Gasteiger partial charge in [-0.1, -0.05) is 35.9 Å². The molecule has 4 aromatic rings. The van der Waals surface area contributed by atoms with Crippen molar-refractivity contribution in [3.05, 3.63) is 69.3 Å². The van der Waals surface area contributed by atoms with Gasteiger partial charge in [-0.2, -0.15) is 13.2 Å². The number of rotatable bonds is 3. The average molecular weight is 536 g/mol. The molecule has 1 N–H and O–H groups in total. The molecule has 1 atom stereocenters. The number of halogens is 5. The number of hydrogen-bond donors (Lipinski definition) is 1. The SMILES string of the molecule is CN1CCC[C@H]1c1cnc(-c2ccc(-c3nc4c(Br)cc(C(F)(F)F)cc4[nH]3)cc2)c(Cl)c1. The lowest BCUT2D eigenvalue weighted by Gasteiger charge is -2.20. The Hall–Kier alpha value is -2.42. The summed E-state index contributed by atoms with van der Waals surface area (Å²) in [5.41, 5.74) is 3.43. The van der Waals surface area contributed by atoms with Crippen molar-refractivity contribution >= 4 is 38.6 Å². The Balaban J connectivity index is 1.44. The van der Waals surface area contributed by atoms with Gasteiger partial charge < -0.3 is 4.98 Å². The Labute approximate surface area is 201 Å². The Morgan fingerprint density at radius 2 is 1.85 bits per heavy atom. The second-order valence-electron chi connectivity index (χ2n) is 8.25. The van der Waals surface area contributed by atoms with Crippen molar-refractivity contribution in [1.29, 1.82) is 0 Å². The molecule has 1 aliphatic rings. The van der Waals surface area contributed by atoms with Crippen molar-refractivity contribution < 1.29 is 13.2 Å². The summed E-state index contributed by atoms with van der Waals surface area (Å²) in [7, 11) is 2.11. The predicted octanol–water partition coefficient (Wildman–Crippen LogP) is 7.49. The molecule has 0 radical (unpaired) electrons. The Morgan fingerprint density at radius 3 is 2.48 bits per heavy atom. The standard InChI is InChI=1S/C24H19BrClF3N4/c1-33-8-2-3-20(33)15-9-18(26)21(30-12-15)13-4-6-14(7-5-13)23-31-19-11-16(24(27,28)29)10-17(25)22(19)32-23/h4-7,9-12,20H,2-3,8H2,1H3,(H,31,32)/t20-/m0/s1. The lowest BCUT2D eigenvalue weighted by atomic mass is 10.0. The van der Waals surface area contributed by atoms with Gasteiger partial charge in [-0.3, -0.25) is 9.88 Å². The van der Waals surface area contributed by atoms with Crippen LogP contribution in [0.3, 0.4) is 0 Å². The van der Waals surface area contributed by atoms with Crippen LogP contribution in [0.2, 0.25) is 5.02 Å². The summed E-state index contributed by atoms with van der Waals surface area (Å²) in [6.45, 7) is 1.07. The molecule has 0 unspecified atom stereocenters. The van der Waals surface area contributed by atoms with Crippen molar-refractivity contribution in [2.75, 3.05) is 13.6 Å². The summed E-state index contributed by atoms with van der Waals surface area (Å²) in [6.07, 6.45) is -0.284. The number of imidazole rings is 1. The number of nitrogens with one attached hydrogen (secondary N) is 1. The Bertz CT molecular complexity index is 1330. The number of hydrogen-bond acceptors (Lipinski definition) is 3. The molecule has 0 spiro atoms. The fraction of sp³-hybridized carbons (Fsp3) is 0.250. The number of H-pyrrole nitrogens is 1. The second-order valence-corrected chi connectivity index (χ2v) is 9.51. The van der Waals surface area contributed by atoms with E-state index in [-0.39, 0.29) is 4.47 Å². The molecule has 0 saturated carbocycles. The van der Waals surface area contributed by atoms with Crippen LogP contribution in [0.15, 0.2) is 53.1 Å². The zero-order chi connectivity index (χ0) is 23.3. The molecule has 0 aliphatic carbocycles. The third kappa shape index (κ3) is 4.27. The molecule has 3 heterocycles. The normalized spacial score (nSPS) is 17.2. The molecule has 170 valence electrons. The zero-order valence-electron chi connectivity index (χ0n) is 17.5. The molecule has 2 aromatic carbocycles. The molecular formula is C24H19BrClF3N4. The van der Waals surface area contributed by atoms with Gasteiger partial charge in [0.1, 0.15) is 11.3 Å². The maximum absolute atomic E-state index is 13.1. The van der Waals surface area contributed by atoms with Crippen LogP contribution >= 0.6 is 27.5 Å². The third-order valence-corrected chi connectivity index (χ3v) is 6.96. The first kappa shape index (κ1) is 22.4. The molecule has 4 nitrogen and oxygen atoms in total. The number of aromatic nitrogens is 3. The number of fused-ring (bicyclic) bond motifs is 1. The summed E-state index contributed by atoms with van der Waals surface area (Å²) < 4.78 is 39.7. The van der Waals surface area contributed by atoms with E-state index < -0.39 is 11.7 Å². The molecule has 9 heteroatoms. The first-order valence-corrected chi connectivity index (χ1v) is 11.6. The highest BCUT2D eigenvalue weighted by molar-refractivity contribution is 9.10. The predicted molar refractivity (Wildman–Crippen MR) is 127 cm³/mol. The smallest absolute Gasteiger partial charge is 0.338 e. The van der Waals surface area contributed by atoms with Gasteiger partial charge >= 0.3 is 6.18 Å². The van der Waals surface area contributed by atoms with Crippen LogP contribution in [-0.4, -0.2) is 33.4 Å². The maximum atomic E-state index is 13.1. The monoisotopic (exact) mass is 534 g/mol. The van der Waals surface area contributed by atoms with Crippen LogP contribution in [0.5, 0.6) is 0 Å². The van der Waals surface area contributed by atoms with Crippen LogP contribution in [0.25, 0.3) is 33.7 Å². The Kier molecular flexibility index (Phi) is 5.71. The summed E-state index contributed by atoms with van der Waals surface area (Å²) in [5, 5.41) is 0.591. The molecule has 0 bridgehead atoms. The average Bonchev–Trinajstić information content (AvgIpc) is 3.40. The summed E-state index contributed by atoms with van der Waals surface area (Å²) in [5.74, 6) is 0.482. The molecule has 1 fully saturated rings. The van der Waals surface area contributed by atoms with E-state index >= 15 is 0 Å². The number of nitrogens with zero attached hydrogens (tertiary/aromatic N) is 3. The molecule has 1 aliphatic heterocycles. The lowest BCUT2D eigenvalue weighted by molar-refractivity contribution is -0.137. The maximum Gasteiger partial charge on any atom is 0.416 e. The van der Waals surface area contributed by atoms with Gasteiger partial charge in [0.05, 0.1) is 21.8 Å². The first-order valence-electron chi connectivity index (χ1n) is 10.4. The van der Waals surface area contributed by atoms with Gasteiger partial charge in [0, 0.05) is 27.8 Å². The Morgan fingerprint density at radius 1 is 1.12 bits per heavy atom. The molecule has 0 amide bonds. The summed E-state index contributed by atoms with van der Waals surface area (Å²) >= 11 is 9.77. The minimum absolute atomic E-state index is 0.287. The van der Waals surface area contributed by atoms with E-state index in [0.29, 0.717) is 33.6 Å². The quantitative estimate of drug-likeness (QED) is 0.296. The fourth-order valence-electron chi connectivity index (χ4n) is 4.34. The van der Waals surface area contributed by atoms with E-state index in [1.807, 2.05) is 36.5 Å². The van der Waals surface area contributed by atoms with Crippen LogP contribution in [0.4, 0.5) is 13.2 Å². The van der Waals surface area contributed by atoms with E-state index in [2.05, 4.69) is 42.8 Å². The summed E-state index contributed by atoms with van der Waals surface area (Å²) in [4.78, 5) is 14.4. The second kappa shape index (κ2) is 8.42. The van der Waals surface area contributed by atoms with Crippen molar-refractivity contribution in [3.8, 4) is 22.6 Å². The van der Waals surface area contributed by atoms with Crippen LogP contribution in [0, 0.1) is 0 Å². The van der Waals surface area contributed by atoms with E-state index in [1.54, 1.807) is 0 Å². The number of aromatic amines is 1. The molecular weight excluding hydrogens is 517 g/mol. The van der Waals surface area contributed by atoms with Crippen LogP contribution < -0.4 is 0 Å². The zero-order valence-corrected chi connectivity index (χ0v) is 19.9. The van der Waals surface area contributed by atoms with Gasteiger partial charge in [-0.25, -0.2) is 4.98 Å². The minimum Gasteiger partial charge on any atom is -0.338 e. The first-order chi connectivity index (χ1) is 15.7. The topological polar surface area (TPSA) is 44.8 Å². The molecule has 33 heavy (non-hydrogen) atoms. The van der Waals surface area contributed by atoms with Crippen molar-refractivity contribution in [1.82, 2.24) is 19.9 Å². The number of alkyl halides is 3. The van der Waals surface area contributed by atoms with E-state index in [0.717, 1.165) is 48.2 Å². The molecule has 1 saturated heterocycles. The highest BCUT2D eigenvalue weighted by Gasteiger charge is 2.31. The number of likely N-dealkylation sites (tertiary alicyclic amines) is 1. The van der Waals surface area contributed by atoms with Gasteiger partial charge in [0.15, 0.2) is 0 Å². The van der Waals surface area contributed by atoms with Crippen LogP contribution in [-0.2, 0) is 6.18 Å². The highest BCUT2D eigenvalue weighted by Crippen LogP contribution is 2.37. The van der Waals surface area contributed by atoms with Gasteiger partial charge in [-0.05, 0) is 66.1 Å². The molecule has 2 aromatic heterocycles. The number of pyridine rings is 1. The van der Waals surface area contributed by atoms with E-state index in [9.17, 15) is 13.2 Å². The fourth-order valence-corrected chi connectivity index (χ4v) is 5.17. The van der Waals surface area contributed by atoms with E-state index in [4.69, 9.17) is 11.6 Å². The van der Waals surface area contributed by atoms with Gasteiger partial charge in [0.25, 0.3) is 0 Å². The third-order valence-electron chi connectivity index (χ3n) is 6.07. The van der Waals surface area contributed by atoms with Crippen LogP contribution in [0.1, 0.15) is 30.0 Å². The van der Waals surface area contributed by atoms with Crippen molar-refractivity contribution in [2.24, 2.45) is 0 Å². The van der Waals surface area contributed by atoms with E-state index in [1.165, 1.54) is 0 Å². The van der Waals surface area contributed by atoms with Crippen molar-refractivity contribution in [3.63, 3.8) is 0 Å². The summed E-state index contributed by atoms with van der Waals surface area (Å²) in [6, 6.07) is 11.9.